The van der Waals surface area contributed by atoms with E-state index >= 15 is 0 Å². The van der Waals surface area contributed by atoms with Gasteiger partial charge in [-0.1, -0.05) is 29.8 Å². The van der Waals surface area contributed by atoms with Crippen molar-refractivity contribution in [3.63, 3.8) is 0 Å². The van der Waals surface area contributed by atoms with Gasteiger partial charge in [-0.2, -0.15) is 0 Å². The molecule has 2 aromatic carbocycles. The zero-order valence-electron chi connectivity index (χ0n) is 10.6. The molecule has 0 atom stereocenters. The standard InChI is InChI=1S/C15H11ClO4/c1-20-15(19)10-4-2-9(3-5-10)11-6-7-13(16)12(8-11)14(17)18/h2-8H,1H3,(H,17,18)/p-1. The molecule has 0 N–H and O–H groups in total. The minimum absolute atomic E-state index is 0.0683. The predicted octanol–water partition coefficient (Wildman–Crippen LogP) is 2.16. The summed E-state index contributed by atoms with van der Waals surface area (Å²) in [7, 11) is 1.31. The largest absolute Gasteiger partial charge is 0.545 e. The number of esters is 1. The van der Waals surface area contributed by atoms with Gasteiger partial charge in [0.2, 0.25) is 0 Å². The van der Waals surface area contributed by atoms with Crippen LogP contribution in [0, 0.1) is 0 Å². The van der Waals surface area contributed by atoms with Gasteiger partial charge >= 0.3 is 5.97 Å². The fraction of sp³-hybridized carbons (Fsp3) is 0.0667. The first kappa shape index (κ1) is 14.1. The SMILES string of the molecule is COC(=O)c1ccc(-c2ccc(Cl)c(C(=O)[O-])c2)cc1. The summed E-state index contributed by atoms with van der Waals surface area (Å²) in [6.07, 6.45) is 0. The second kappa shape index (κ2) is 5.75. The number of aromatic carboxylic acids is 1. The Kier molecular flexibility index (Phi) is 4.05. The van der Waals surface area contributed by atoms with Gasteiger partial charge in [0.1, 0.15) is 0 Å². The fourth-order valence-electron chi connectivity index (χ4n) is 1.78. The summed E-state index contributed by atoms with van der Waals surface area (Å²) in [6.45, 7) is 0. The number of methoxy groups -OCH3 is 1. The summed E-state index contributed by atoms with van der Waals surface area (Å²) < 4.78 is 4.61. The van der Waals surface area contributed by atoms with Crippen LogP contribution in [0.5, 0.6) is 0 Å². The van der Waals surface area contributed by atoms with Gasteiger partial charge in [-0.05, 0) is 35.4 Å². The van der Waals surface area contributed by atoms with Crippen molar-refractivity contribution in [1.29, 1.82) is 0 Å². The highest BCUT2D eigenvalue weighted by Crippen LogP contribution is 2.25. The van der Waals surface area contributed by atoms with Gasteiger partial charge in [-0.25, -0.2) is 4.79 Å². The Hall–Kier alpha value is -2.33. The van der Waals surface area contributed by atoms with Gasteiger partial charge < -0.3 is 14.6 Å². The number of rotatable bonds is 3. The molecule has 0 saturated heterocycles. The van der Waals surface area contributed by atoms with Crippen LogP contribution in [-0.2, 0) is 4.74 Å². The van der Waals surface area contributed by atoms with Crippen molar-refractivity contribution >= 4 is 23.5 Å². The van der Waals surface area contributed by atoms with Gasteiger partial charge in [-0.15, -0.1) is 0 Å². The molecule has 5 heteroatoms. The fourth-order valence-corrected chi connectivity index (χ4v) is 1.97. The molecule has 20 heavy (non-hydrogen) atoms. The van der Waals surface area contributed by atoms with E-state index < -0.39 is 11.9 Å². The van der Waals surface area contributed by atoms with Crippen molar-refractivity contribution in [3.8, 4) is 11.1 Å². The van der Waals surface area contributed by atoms with Gasteiger partial charge in [-0.3, -0.25) is 0 Å². The zero-order valence-corrected chi connectivity index (χ0v) is 11.3. The average Bonchev–Trinajstić information content (AvgIpc) is 2.47. The summed E-state index contributed by atoms with van der Waals surface area (Å²) >= 11 is 5.78. The van der Waals surface area contributed by atoms with E-state index in [0.29, 0.717) is 11.1 Å². The summed E-state index contributed by atoms with van der Waals surface area (Å²) in [5.74, 6) is -1.76. The lowest BCUT2D eigenvalue weighted by atomic mass is 10.0. The lowest BCUT2D eigenvalue weighted by Crippen LogP contribution is -2.22. The van der Waals surface area contributed by atoms with Crippen molar-refractivity contribution in [3.05, 3.63) is 58.6 Å². The summed E-state index contributed by atoms with van der Waals surface area (Å²) in [4.78, 5) is 22.3. The molecule has 0 fully saturated rings. The van der Waals surface area contributed by atoms with Crippen molar-refractivity contribution < 1.29 is 19.4 Å². The Morgan fingerprint density at radius 2 is 1.65 bits per heavy atom. The van der Waals surface area contributed by atoms with Crippen LogP contribution in [0.2, 0.25) is 5.02 Å². The van der Waals surface area contributed by atoms with Crippen LogP contribution in [0.25, 0.3) is 11.1 Å². The highest BCUT2D eigenvalue weighted by Gasteiger charge is 2.07. The molecule has 0 aliphatic heterocycles. The van der Waals surface area contributed by atoms with Crippen LogP contribution in [0.3, 0.4) is 0 Å². The lowest BCUT2D eigenvalue weighted by Gasteiger charge is -2.09. The maximum absolute atomic E-state index is 11.3. The second-order valence-electron chi connectivity index (χ2n) is 4.05. The summed E-state index contributed by atoms with van der Waals surface area (Å²) in [6, 6.07) is 11.2. The molecule has 0 radical (unpaired) electrons. The minimum atomic E-state index is -1.33. The Morgan fingerprint density at radius 1 is 1.05 bits per heavy atom. The maximum atomic E-state index is 11.3. The molecule has 0 aliphatic rings. The van der Waals surface area contributed by atoms with Gasteiger partial charge in [0.25, 0.3) is 0 Å². The first-order valence-electron chi connectivity index (χ1n) is 5.72. The van der Waals surface area contributed by atoms with E-state index in [1.54, 1.807) is 30.3 Å². The molecule has 102 valence electrons. The van der Waals surface area contributed by atoms with Crippen molar-refractivity contribution in [1.82, 2.24) is 0 Å². The van der Waals surface area contributed by atoms with Crippen LogP contribution < -0.4 is 5.11 Å². The van der Waals surface area contributed by atoms with Crippen molar-refractivity contribution in [2.24, 2.45) is 0 Å². The number of ether oxygens (including phenoxy) is 1. The van der Waals surface area contributed by atoms with E-state index in [4.69, 9.17) is 11.6 Å². The van der Waals surface area contributed by atoms with E-state index in [0.717, 1.165) is 5.56 Å². The number of hydrogen-bond acceptors (Lipinski definition) is 4. The number of halogens is 1. The molecule has 0 aliphatic carbocycles. The van der Waals surface area contributed by atoms with E-state index in [2.05, 4.69) is 4.74 Å². The Morgan fingerprint density at radius 3 is 2.20 bits per heavy atom. The van der Waals surface area contributed by atoms with Crippen molar-refractivity contribution in [2.45, 2.75) is 0 Å². The summed E-state index contributed by atoms with van der Waals surface area (Å²) in [5, 5.41) is 11.1. The number of carbonyl (C=O) groups is 2. The molecule has 2 rings (SSSR count). The highest BCUT2D eigenvalue weighted by atomic mass is 35.5. The Balaban J connectivity index is 2.39. The normalized spacial score (nSPS) is 10.1. The molecule has 0 aromatic heterocycles. The Bertz CT molecular complexity index is 662. The first-order valence-corrected chi connectivity index (χ1v) is 6.10. The third kappa shape index (κ3) is 2.81. The molecule has 0 bridgehead atoms. The zero-order chi connectivity index (χ0) is 14.7. The van der Waals surface area contributed by atoms with E-state index in [9.17, 15) is 14.7 Å². The summed E-state index contributed by atoms with van der Waals surface area (Å²) in [5.41, 5.74) is 1.79. The van der Waals surface area contributed by atoms with Crippen LogP contribution in [0.15, 0.2) is 42.5 Å². The molecule has 0 unspecified atom stereocenters. The van der Waals surface area contributed by atoms with Crippen LogP contribution in [0.1, 0.15) is 20.7 Å². The lowest BCUT2D eigenvalue weighted by molar-refractivity contribution is -0.255. The maximum Gasteiger partial charge on any atom is 0.337 e. The molecule has 0 amide bonds. The topological polar surface area (TPSA) is 66.4 Å². The molecule has 0 heterocycles. The number of carboxylic acids is 1. The number of benzene rings is 2. The molecule has 0 spiro atoms. The average molecular weight is 290 g/mol. The Labute approximate surface area is 120 Å². The number of hydrogen-bond donors (Lipinski definition) is 0. The molecule has 2 aromatic rings. The molecule has 4 nitrogen and oxygen atoms in total. The van der Waals surface area contributed by atoms with Crippen LogP contribution in [0.4, 0.5) is 0 Å². The van der Waals surface area contributed by atoms with Crippen LogP contribution in [-0.4, -0.2) is 19.0 Å². The molecular weight excluding hydrogens is 280 g/mol. The van der Waals surface area contributed by atoms with Crippen molar-refractivity contribution in [2.75, 3.05) is 7.11 Å². The van der Waals surface area contributed by atoms with Gasteiger partial charge in [0, 0.05) is 10.6 Å². The van der Waals surface area contributed by atoms with Gasteiger partial charge in [0.15, 0.2) is 0 Å². The monoisotopic (exact) mass is 289 g/mol. The second-order valence-corrected chi connectivity index (χ2v) is 4.46. The highest BCUT2D eigenvalue weighted by molar-refractivity contribution is 6.33. The number of carboxylic acid groups (broad SMARTS) is 1. The quantitative estimate of drug-likeness (QED) is 0.812. The smallest absolute Gasteiger partial charge is 0.337 e. The predicted molar refractivity (Wildman–Crippen MR) is 72.6 cm³/mol. The van der Waals surface area contributed by atoms with E-state index in [1.807, 2.05) is 0 Å². The van der Waals surface area contributed by atoms with E-state index in [1.165, 1.54) is 19.2 Å². The van der Waals surface area contributed by atoms with Gasteiger partial charge in [0.05, 0.1) is 18.6 Å². The third-order valence-corrected chi connectivity index (χ3v) is 3.16. The van der Waals surface area contributed by atoms with Crippen LogP contribution >= 0.6 is 11.6 Å². The van der Waals surface area contributed by atoms with E-state index in [-0.39, 0.29) is 10.6 Å². The molecular formula is C15H10ClO4-. The number of carbonyl (C=O) groups excluding carboxylic acids is 2. The molecule has 0 saturated carbocycles. The first-order chi connectivity index (χ1) is 9.52. The third-order valence-electron chi connectivity index (χ3n) is 2.83. The minimum Gasteiger partial charge on any atom is -0.545 e.